The minimum Gasteiger partial charge on any atom is -0.497 e. The summed E-state index contributed by atoms with van der Waals surface area (Å²) >= 11 is 0. The Morgan fingerprint density at radius 3 is 2.36 bits per heavy atom. The van der Waals surface area contributed by atoms with Gasteiger partial charge in [0.15, 0.2) is 0 Å². The maximum atomic E-state index is 13.5. The lowest BCUT2D eigenvalue weighted by Gasteiger charge is -2.31. The number of methoxy groups -OCH3 is 1. The summed E-state index contributed by atoms with van der Waals surface area (Å²) < 4.78 is 5.24. The van der Waals surface area contributed by atoms with E-state index in [2.05, 4.69) is 5.32 Å². The van der Waals surface area contributed by atoms with Crippen LogP contribution < -0.4 is 10.1 Å². The van der Waals surface area contributed by atoms with Crippen molar-refractivity contribution in [3.05, 3.63) is 65.7 Å². The van der Waals surface area contributed by atoms with E-state index in [1.165, 1.54) is 0 Å². The summed E-state index contributed by atoms with van der Waals surface area (Å²) in [5.41, 5.74) is 1.52. The first-order chi connectivity index (χ1) is 16.0. The van der Waals surface area contributed by atoms with Gasteiger partial charge < -0.3 is 19.9 Å². The summed E-state index contributed by atoms with van der Waals surface area (Å²) in [7, 11) is 1.56. The molecule has 1 N–H and O–H groups in total. The summed E-state index contributed by atoms with van der Waals surface area (Å²) in [5, 5.41) is 3.06. The van der Waals surface area contributed by atoms with Gasteiger partial charge in [0, 0.05) is 18.7 Å². The third kappa shape index (κ3) is 4.87. The summed E-state index contributed by atoms with van der Waals surface area (Å²) in [4.78, 5) is 43.1. The number of nitrogens with one attached hydrogen (secondary N) is 1. The van der Waals surface area contributed by atoms with Crippen molar-refractivity contribution in [2.24, 2.45) is 0 Å². The number of carbonyl (C=O) groups is 3. The maximum Gasteiger partial charge on any atom is 0.254 e. The molecular weight excluding hydrogens is 418 g/mol. The Morgan fingerprint density at radius 2 is 1.64 bits per heavy atom. The zero-order chi connectivity index (χ0) is 23.4. The smallest absolute Gasteiger partial charge is 0.254 e. The van der Waals surface area contributed by atoms with Crippen LogP contribution in [0.15, 0.2) is 54.6 Å². The molecule has 4 rings (SSSR count). The number of carbonyl (C=O) groups excluding carboxylic acids is 3. The molecule has 33 heavy (non-hydrogen) atoms. The van der Waals surface area contributed by atoms with Gasteiger partial charge in [-0.1, -0.05) is 36.4 Å². The Labute approximate surface area is 194 Å². The zero-order valence-corrected chi connectivity index (χ0v) is 19.2. The molecule has 0 aromatic heterocycles. The molecule has 7 heteroatoms. The van der Waals surface area contributed by atoms with Crippen molar-refractivity contribution >= 4 is 17.7 Å². The standard InChI is InChI=1S/C26H31N3O4/c1-18(19-9-4-3-5-10-19)27-24(30)22-13-7-15-28(22)26(32)23-14-8-16-29(23)25(31)20-11-6-12-21(17-20)33-2/h3-6,9-12,17-18,22-23H,7-8,13-16H2,1-2H3,(H,27,30)/t18-,22+,23+/m1/s1. The zero-order valence-electron chi connectivity index (χ0n) is 19.2. The largest absolute Gasteiger partial charge is 0.497 e. The average molecular weight is 450 g/mol. The Balaban J connectivity index is 1.45. The van der Waals surface area contributed by atoms with Crippen LogP contribution in [0.5, 0.6) is 5.75 Å². The third-order valence-corrected chi connectivity index (χ3v) is 6.61. The fraction of sp³-hybridized carbons (Fsp3) is 0.423. The highest BCUT2D eigenvalue weighted by Crippen LogP contribution is 2.27. The second kappa shape index (κ2) is 10.1. The van der Waals surface area contributed by atoms with E-state index in [4.69, 9.17) is 4.74 Å². The molecule has 0 unspecified atom stereocenters. The SMILES string of the molecule is COc1cccc(C(=O)N2CCC[C@H]2C(=O)N2CCC[C@H]2C(=O)N[C@H](C)c2ccccc2)c1. The monoisotopic (exact) mass is 449 g/mol. The topological polar surface area (TPSA) is 79.0 Å². The minimum absolute atomic E-state index is 0.131. The van der Waals surface area contributed by atoms with Crippen molar-refractivity contribution in [3.63, 3.8) is 0 Å². The van der Waals surface area contributed by atoms with Crippen molar-refractivity contribution in [1.29, 1.82) is 0 Å². The summed E-state index contributed by atoms with van der Waals surface area (Å²) in [6.07, 6.45) is 2.79. The molecule has 174 valence electrons. The van der Waals surface area contributed by atoms with E-state index in [-0.39, 0.29) is 23.8 Å². The fourth-order valence-electron chi connectivity index (χ4n) is 4.82. The number of ether oxygens (including phenoxy) is 1. The van der Waals surface area contributed by atoms with Gasteiger partial charge in [-0.3, -0.25) is 14.4 Å². The van der Waals surface area contributed by atoms with E-state index < -0.39 is 12.1 Å². The van der Waals surface area contributed by atoms with Gasteiger partial charge in [0.1, 0.15) is 17.8 Å². The molecule has 2 saturated heterocycles. The van der Waals surface area contributed by atoms with E-state index >= 15 is 0 Å². The maximum absolute atomic E-state index is 13.5. The van der Waals surface area contributed by atoms with Crippen molar-refractivity contribution in [1.82, 2.24) is 15.1 Å². The van der Waals surface area contributed by atoms with E-state index in [1.807, 2.05) is 37.3 Å². The lowest BCUT2D eigenvalue weighted by Crippen LogP contribution is -2.53. The number of amides is 3. The highest BCUT2D eigenvalue weighted by molar-refractivity contribution is 5.99. The number of nitrogens with zero attached hydrogens (tertiary/aromatic N) is 2. The van der Waals surface area contributed by atoms with Crippen molar-refractivity contribution < 1.29 is 19.1 Å². The molecule has 0 saturated carbocycles. The molecule has 0 aliphatic carbocycles. The highest BCUT2D eigenvalue weighted by Gasteiger charge is 2.42. The van der Waals surface area contributed by atoms with E-state index in [0.29, 0.717) is 37.2 Å². The van der Waals surface area contributed by atoms with Crippen LogP contribution in [0.3, 0.4) is 0 Å². The molecule has 2 aromatic carbocycles. The fourth-order valence-corrected chi connectivity index (χ4v) is 4.82. The predicted octanol–water partition coefficient (Wildman–Crippen LogP) is 3.17. The molecule has 3 atom stereocenters. The lowest BCUT2D eigenvalue weighted by molar-refractivity contribution is -0.141. The summed E-state index contributed by atoms with van der Waals surface area (Å²) in [5.74, 6) is 0.156. The third-order valence-electron chi connectivity index (χ3n) is 6.61. The van der Waals surface area contributed by atoms with Gasteiger partial charge >= 0.3 is 0 Å². The minimum atomic E-state index is -0.538. The molecule has 7 nitrogen and oxygen atoms in total. The molecular formula is C26H31N3O4. The second-order valence-corrected chi connectivity index (χ2v) is 8.72. The van der Waals surface area contributed by atoms with Crippen LogP contribution in [0.4, 0.5) is 0 Å². The van der Waals surface area contributed by atoms with Crippen molar-refractivity contribution in [2.45, 2.75) is 50.7 Å². The number of likely N-dealkylation sites (tertiary alicyclic amines) is 2. The van der Waals surface area contributed by atoms with Gasteiger partial charge in [0.25, 0.3) is 5.91 Å². The number of rotatable bonds is 6. The van der Waals surface area contributed by atoms with Gasteiger partial charge in [-0.05, 0) is 56.4 Å². The molecule has 2 heterocycles. The quantitative estimate of drug-likeness (QED) is 0.735. The van der Waals surface area contributed by atoms with E-state index in [9.17, 15) is 14.4 Å². The Hall–Kier alpha value is -3.35. The molecule has 0 spiro atoms. The van der Waals surface area contributed by atoms with Crippen LogP contribution in [0.2, 0.25) is 0 Å². The van der Waals surface area contributed by atoms with Crippen LogP contribution in [-0.2, 0) is 9.59 Å². The van der Waals surface area contributed by atoms with Crippen LogP contribution in [-0.4, -0.2) is 59.8 Å². The summed E-state index contributed by atoms with van der Waals surface area (Å²) in [6.45, 7) is 3.01. The van der Waals surface area contributed by atoms with Crippen LogP contribution >= 0.6 is 0 Å². The Morgan fingerprint density at radius 1 is 0.939 bits per heavy atom. The normalized spacial score (nSPS) is 21.0. The molecule has 3 amide bonds. The molecule has 2 aromatic rings. The van der Waals surface area contributed by atoms with Crippen molar-refractivity contribution in [3.8, 4) is 5.75 Å². The first-order valence-corrected chi connectivity index (χ1v) is 11.6. The Bertz CT molecular complexity index is 1010. The first kappa shape index (κ1) is 22.8. The molecule has 0 bridgehead atoms. The van der Waals surface area contributed by atoms with E-state index in [1.54, 1.807) is 41.2 Å². The van der Waals surface area contributed by atoms with Crippen LogP contribution in [0, 0.1) is 0 Å². The lowest BCUT2D eigenvalue weighted by atomic mass is 10.1. The van der Waals surface area contributed by atoms with E-state index in [0.717, 1.165) is 18.4 Å². The van der Waals surface area contributed by atoms with Gasteiger partial charge in [-0.25, -0.2) is 0 Å². The number of hydrogen-bond acceptors (Lipinski definition) is 4. The summed E-state index contributed by atoms with van der Waals surface area (Å²) in [6, 6.07) is 15.6. The van der Waals surface area contributed by atoms with Gasteiger partial charge in [-0.2, -0.15) is 0 Å². The first-order valence-electron chi connectivity index (χ1n) is 11.6. The van der Waals surface area contributed by atoms with Crippen molar-refractivity contribution in [2.75, 3.05) is 20.2 Å². The molecule has 2 fully saturated rings. The van der Waals surface area contributed by atoms with Crippen LogP contribution in [0.1, 0.15) is 54.6 Å². The number of hydrogen-bond donors (Lipinski definition) is 1. The van der Waals surface area contributed by atoms with Gasteiger partial charge in [0.2, 0.25) is 11.8 Å². The second-order valence-electron chi connectivity index (χ2n) is 8.72. The molecule has 2 aliphatic heterocycles. The Kier molecular flexibility index (Phi) is 6.96. The van der Waals surface area contributed by atoms with Gasteiger partial charge in [-0.15, -0.1) is 0 Å². The van der Waals surface area contributed by atoms with Crippen LogP contribution in [0.25, 0.3) is 0 Å². The average Bonchev–Trinajstić information content (AvgIpc) is 3.54. The molecule has 2 aliphatic rings. The van der Waals surface area contributed by atoms with Gasteiger partial charge in [0.05, 0.1) is 13.2 Å². The highest BCUT2D eigenvalue weighted by atomic mass is 16.5. The molecule has 0 radical (unpaired) electrons. The predicted molar refractivity (Wildman–Crippen MR) is 125 cm³/mol. The number of benzene rings is 2.